The van der Waals surface area contributed by atoms with Crippen LogP contribution in [-0.2, 0) is 4.79 Å². The Balaban J connectivity index is 2.46. The van der Waals surface area contributed by atoms with Gasteiger partial charge in [0.05, 0.1) is 10.7 Å². The average molecular weight is 259 g/mol. The van der Waals surface area contributed by atoms with Crippen molar-refractivity contribution in [3.05, 3.63) is 23.2 Å². The number of nitrogens with two attached hydrogens (primary N) is 1. The van der Waals surface area contributed by atoms with Crippen LogP contribution in [0.2, 0.25) is 5.02 Å². The molecule has 16 heavy (non-hydrogen) atoms. The molecule has 1 rings (SSSR count). The molecule has 88 valence electrons. The van der Waals surface area contributed by atoms with Gasteiger partial charge in [0.25, 0.3) is 0 Å². The molecule has 5 heteroatoms. The molecule has 0 unspecified atom stereocenters. The molecular formula is C11H15ClN2OS. The summed E-state index contributed by atoms with van der Waals surface area (Å²) in [5.41, 5.74) is 6.80. The summed E-state index contributed by atoms with van der Waals surface area (Å²) >= 11 is 7.52. The van der Waals surface area contributed by atoms with Crippen molar-refractivity contribution in [1.29, 1.82) is 0 Å². The molecule has 0 aliphatic carbocycles. The lowest BCUT2D eigenvalue weighted by molar-refractivity contribution is -0.116. The second kappa shape index (κ2) is 6.66. The summed E-state index contributed by atoms with van der Waals surface area (Å²) in [6, 6.07) is 5.08. The first-order chi connectivity index (χ1) is 7.63. The van der Waals surface area contributed by atoms with Gasteiger partial charge in [0.15, 0.2) is 0 Å². The highest BCUT2D eigenvalue weighted by Crippen LogP contribution is 2.22. The highest BCUT2D eigenvalue weighted by molar-refractivity contribution is 7.98. The van der Waals surface area contributed by atoms with Crippen molar-refractivity contribution in [3.63, 3.8) is 0 Å². The van der Waals surface area contributed by atoms with Crippen LogP contribution in [0.1, 0.15) is 12.8 Å². The lowest BCUT2D eigenvalue weighted by Crippen LogP contribution is -2.11. The maximum atomic E-state index is 11.5. The van der Waals surface area contributed by atoms with Crippen molar-refractivity contribution >= 4 is 40.6 Å². The molecule has 3 N–H and O–H groups in total. The zero-order chi connectivity index (χ0) is 12.0. The molecule has 1 amide bonds. The van der Waals surface area contributed by atoms with Crippen molar-refractivity contribution in [1.82, 2.24) is 0 Å². The molecule has 0 fully saturated rings. The second-order valence-electron chi connectivity index (χ2n) is 3.38. The summed E-state index contributed by atoms with van der Waals surface area (Å²) in [6.45, 7) is 0. The number of halogens is 1. The van der Waals surface area contributed by atoms with Crippen LogP contribution in [0.25, 0.3) is 0 Å². The molecule has 0 atom stereocenters. The summed E-state index contributed by atoms with van der Waals surface area (Å²) in [6.07, 6.45) is 3.44. The molecule has 0 saturated heterocycles. The van der Waals surface area contributed by atoms with Crippen molar-refractivity contribution in [2.45, 2.75) is 12.8 Å². The Labute approximate surface area is 105 Å². The van der Waals surface area contributed by atoms with Gasteiger partial charge in [0.1, 0.15) is 0 Å². The van der Waals surface area contributed by atoms with E-state index in [0.29, 0.717) is 22.8 Å². The topological polar surface area (TPSA) is 55.1 Å². The average Bonchev–Trinajstić information content (AvgIpc) is 2.24. The number of carbonyl (C=O) groups is 1. The maximum Gasteiger partial charge on any atom is 0.224 e. The molecule has 0 aliphatic heterocycles. The smallest absolute Gasteiger partial charge is 0.224 e. The Morgan fingerprint density at radius 2 is 2.31 bits per heavy atom. The summed E-state index contributed by atoms with van der Waals surface area (Å²) in [5, 5.41) is 3.28. The van der Waals surface area contributed by atoms with Crippen LogP contribution in [0.4, 0.5) is 11.4 Å². The monoisotopic (exact) mass is 258 g/mol. The predicted octanol–water partition coefficient (Wildman–Crippen LogP) is 3.00. The largest absolute Gasteiger partial charge is 0.397 e. The van der Waals surface area contributed by atoms with Crippen LogP contribution in [0.5, 0.6) is 0 Å². The second-order valence-corrected chi connectivity index (χ2v) is 4.77. The van der Waals surface area contributed by atoms with Gasteiger partial charge in [-0.3, -0.25) is 4.79 Å². The standard InChI is InChI=1S/C11H15ClN2OS/c1-16-6-2-3-11(15)14-8-4-5-9(12)10(13)7-8/h4-5,7H,2-3,6,13H2,1H3,(H,14,15). The zero-order valence-corrected chi connectivity index (χ0v) is 10.7. The first-order valence-corrected chi connectivity index (χ1v) is 6.74. The fourth-order valence-electron chi connectivity index (χ4n) is 1.22. The van der Waals surface area contributed by atoms with Crippen molar-refractivity contribution in [2.24, 2.45) is 0 Å². The van der Waals surface area contributed by atoms with Crippen LogP contribution in [0.3, 0.4) is 0 Å². The number of benzene rings is 1. The van der Waals surface area contributed by atoms with Crippen molar-refractivity contribution < 1.29 is 4.79 Å². The van der Waals surface area contributed by atoms with Crippen LogP contribution in [-0.4, -0.2) is 17.9 Å². The minimum absolute atomic E-state index is 0.00997. The fourth-order valence-corrected chi connectivity index (χ4v) is 1.77. The van der Waals surface area contributed by atoms with E-state index in [2.05, 4.69) is 5.32 Å². The van der Waals surface area contributed by atoms with E-state index >= 15 is 0 Å². The first kappa shape index (κ1) is 13.2. The summed E-state index contributed by atoms with van der Waals surface area (Å²) in [4.78, 5) is 11.5. The van der Waals surface area contributed by atoms with E-state index in [1.807, 2.05) is 6.26 Å². The van der Waals surface area contributed by atoms with Crippen molar-refractivity contribution in [3.8, 4) is 0 Å². The van der Waals surface area contributed by atoms with Crippen LogP contribution in [0.15, 0.2) is 18.2 Å². The van der Waals surface area contributed by atoms with Gasteiger partial charge in [-0.05, 0) is 36.6 Å². The van der Waals surface area contributed by atoms with Crippen LogP contribution >= 0.6 is 23.4 Å². The number of nitrogens with one attached hydrogen (secondary N) is 1. The van der Waals surface area contributed by atoms with E-state index in [-0.39, 0.29) is 5.91 Å². The number of hydrogen-bond acceptors (Lipinski definition) is 3. The lowest BCUT2D eigenvalue weighted by Gasteiger charge is -2.06. The van der Waals surface area contributed by atoms with Gasteiger partial charge < -0.3 is 11.1 Å². The Hall–Kier alpha value is -0.870. The van der Waals surface area contributed by atoms with E-state index in [0.717, 1.165) is 12.2 Å². The number of anilines is 2. The van der Waals surface area contributed by atoms with Crippen molar-refractivity contribution in [2.75, 3.05) is 23.1 Å². The summed E-state index contributed by atoms with van der Waals surface area (Å²) < 4.78 is 0. The van der Waals surface area contributed by atoms with E-state index < -0.39 is 0 Å². The molecule has 0 aliphatic rings. The first-order valence-electron chi connectivity index (χ1n) is 4.97. The molecule has 0 saturated carbocycles. The number of hydrogen-bond donors (Lipinski definition) is 2. The molecule has 1 aromatic rings. The SMILES string of the molecule is CSCCCC(=O)Nc1ccc(Cl)c(N)c1. The number of carbonyl (C=O) groups excluding carboxylic acids is 1. The van der Waals surface area contributed by atoms with E-state index in [9.17, 15) is 4.79 Å². The lowest BCUT2D eigenvalue weighted by atomic mass is 10.2. The number of nitrogen functional groups attached to an aromatic ring is 1. The zero-order valence-electron chi connectivity index (χ0n) is 9.13. The van der Waals surface area contributed by atoms with Gasteiger partial charge in [-0.15, -0.1) is 0 Å². The van der Waals surface area contributed by atoms with Crippen LogP contribution in [0, 0.1) is 0 Å². The molecule has 0 heterocycles. The fraction of sp³-hybridized carbons (Fsp3) is 0.364. The maximum absolute atomic E-state index is 11.5. The molecule has 0 spiro atoms. The Bertz CT molecular complexity index is 371. The molecule has 3 nitrogen and oxygen atoms in total. The Morgan fingerprint density at radius 1 is 1.56 bits per heavy atom. The van der Waals surface area contributed by atoms with Gasteiger partial charge in [0.2, 0.25) is 5.91 Å². The van der Waals surface area contributed by atoms with E-state index in [4.69, 9.17) is 17.3 Å². The normalized spacial score (nSPS) is 10.1. The number of amides is 1. The Morgan fingerprint density at radius 3 is 2.94 bits per heavy atom. The minimum atomic E-state index is 0.00997. The van der Waals surface area contributed by atoms with Gasteiger partial charge in [-0.25, -0.2) is 0 Å². The minimum Gasteiger partial charge on any atom is -0.397 e. The third kappa shape index (κ3) is 4.33. The van der Waals surface area contributed by atoms with Gasteiger partial charge in [0, 0.05) is 12.1 Å². The molecular weight excluding hydrogens is 244 g/mol. The molecule has 0 radical (unpaired) electrons. The molecule has 0 aromatic heterocycles. The van der Waals surface area contributed by atoms with Gasteiger partial charge >= 0.3 is 0 Å². The predicted molar refractivity (Wildman–Crippen MR) is 72.1 cm³/mol. The quantitative estimate of drug-likeness (QED) is 0.631. The van der Waals surface area contributed by atoms with E-state index in [1.54, 1.807) is 30.0 Å². The van der Waals surface area contributed by atoms with Gasteiger partial charge in [-0.1, -0.05) is 11.6 Å². The third-order valence-electron chi connectivity index (χ3n) is 2.03. The highest BCUT2D eigenvalue weighted by atomic mass is 35.5. The highest BCUT2D eigenvalue weighted by Gasteiger charge is 2.03. The number of thioether (sulfide) groups is 1. The third-order valence-corrected chi connectivity index (χ3v) is 3.07. The summed E-state index contributed by atoms with van der Waals surface area (Å²) in [5.74, 6) is 1.01. The molecule has 0 bridgehead atoms. The molecule has 1 aromatic carbocycles. The van der Waals surface area contributed by atoms with Crippen LogP contribution < -0.4 is 11.1 Å². The summed E-state index contributed by atoms with van der Waals surface area (Å²) in [7, 11) is 0. The Kier molecular flexibility index (Phi) is 5.49. The number of rotatable bonds is 5. The van der Waals surface area contributed by atoms with Gasteiger partial charge in [-0.2, -0.15) is 11.8 Å². The van der Waals surface area contributed by atoms with E-state index in [1.165, 1.54) is 0 Å².